The number of amides is 1. The lowest BCUT2D eigenvalue weighted by atomic mass is 10.2. The number of ether oxygens (including phenoxy) is 1. The highest BCUT2D eigenvalue weighted by Gasteiger charge is 2.08. The molecule has 0 bridgehead atoms. The molecule has 0 aliphatic heterocycles. The quantitative estimate of drug-likeness (QED) is 0.862. The maximum absolute atomic E-state index is 13.0. The first-order valence-electron chi connectivity index (χ1n) is 6.02. The Hall–Kier alpha value is -2.40. The van der Waals surface area contributed by atoms with Gasteiger partial charge in [-0.2, -0.15) is 0 Å². The van der Waals surface area contributed by atoms with E-state index >= 15 is 0 Å². The van der Waals surface area contributed by atoms with Crippen molar-refractivity contribution in [3.8, 4) is 5.75 Å². The number of rotatable bonds is 5. The van der Waals surface area contributed by atoms with Crippen LogP contribution in [0.3, 0.4) is 0 Å². The molecule has 1 amide bonds. The number of nitrogens with one attached hydrogen (secondary N) is 1. The monoisotopic (exact) mass is 307 g/mol. The van der Waals surface area contributed by atoms with Crippen molar-refractivity contribution in [2.45, 2.75) is 0 Å². The minimum Gasteiger partial charge on any atom is -0.483 e. The molecular weight excluding hydrogens is 297 g/mol. The number of para-hydroxylation sites is 1. The molecule has 21 heavy (non-hydrogen) atoms. The van der Waals surface area contributed by atoms with Crippen LogP contribution in [0.4, 0.5) is 10.1 Å². The summed E-state index contributed by atoms with van der Waals surface area (Å²) in [7, 11) is 0. The van der Waals surface area contributed by atoms with Crippen LogP contribution < -0.4 is 10.1 Å². The normalized spacial score (nSPS) is 10.0. The number of halogens is 2. The van der Waals surface area contributed by atoms with Gasteiger partial charge in [-0.25, -0.2) is 4.39 Å². The Labute approximate surface area is 125 Å². The van der Waals surface area contributed by atoms with Gasteiger partial charge in [-0.1, -0.05) is 23.7 Å². The maximum atomic E-state index is 13.0. The van der Waals surface area contributed by atoms with Gasteiger partial charge in [0.15, 0.2) is 12.9 Å². The highest BCUT2D eigenvalue weighted by molar-refractivity contribution is 6.31. The largest absolute Gasteiger partial charge is 0.483 e. The van der Waals surface area contributed by atoms with Gasteiger partial charge in [0.1, 0.15) is 11.6 Å². The van der Waals surface area contributed by atoms with Crippen molar-refractivity contribution >= 4 is 29.5 Å². The van der Waals surface area contributed by atoms with Crippen LogP contribution in [0.5, 0.6) is 5.75 Å². The minimum absolute atomic E-state index is 0.0833. The lowest BCUT2D eigenvalue weighted by molar-refractivity contribution is -0.118. The van der Waals surface area contributed by atoms with Crippen LogP contribution in [0.1, 0.15) is 10.4 Å². The van der Waals surface area contributed by atoms with E-state index in [2.05, 4.69) is 5.32 Å². The summed E-state index contributed by atoms with van der Waals surface area (Å²) in [6.45, 7) is -0.278. The summed E-state index contributed by atoms with van der Waals surface area (Å²) in [5, 5.41) is 2.43. The third-order valence-electron chi connectivity index (χ3n) is 2.61. The van der Waals surface area contributed by atoms with Crippen LogP contribution in [0.25, 0.3) is 0 Å². The predicted octanol–water partition coefficient (Wildman–Crippen LogP) is 3.31. The second-order valence-electron chi connectivity index (χ2n) is 4.12. The maximum Gasteiger partial charge on any atom is 0.262 e. The van der Waals surface area contributed by atoms with Gasteiger partial charge < -0.3 is 10.1 Å². The zero-order valence-electron chi connectivity index (χ0n) is 10.8. The molecule has 0 radical (unpaired) electrons. The van der Waals surface area contributed by atoms with Crippen molar-refractivity contribution in [3.63, 3.8) is 0 Å². The Balaban J connectivity index is 1.96. The van der Waals surface area contributed by atoms with E-state index in [1.807, 2.05) is 0 Å². The van der Waals surface area contributed by atoms with Crippen molar-refractivity contribution in [1.82, 2.24) is 0 Å². The summed E-state index contributed by atoms with van der Waals surface area (Å²) >= 11 is 5.61. The third-order valence-corrected chi connectivity index (χ3v) is 2.90. The smallest absolute Gasteiger partial charge is 0.262 e. The molecule has 0 unspecified atom stereocenters. The fourth-order valence-electron chi connectivity index (χ4n) is 1.62. The topological polar surface area (TPSA) is 55.4 Å². The summed E-state index contributed by atoms with van der Waals surface area (Å²) in [6, 6.07) is 10.4. The lowest BCUT2D eigenvalue weighted by Gasteiger charge is -2.09. The van der Waals surface area contributed by atoms with E-state index < -0.39 is 11.7 Å². The molecule has 0 heterocycles. The first-order chi connectivity index (χ1) is 10.1. The van der Waals surface area contributed by atoms with Crippen LogP contribution in [0, 0.1) is 5.82 Å². The average Bonchev–Trinajstić information content (AvgIpc) is 2.49. The molecule has 0 aliphatic carbocycles. The fourth-order valence-corrected chi connectivity index (χ4v) is 1.80. The van der Waals surface area contributed by atoms with Gasteiger partial charge in [0.2, 0.25) is 0 Å². The fraction of sp³-hybridized carbons (Fsp3) is 0.0667. The first kappa shape index (κ1) is 15.0. The van der Waals surface area contributed by atoms with Gasteiger partial charge in [0, 0.05) is 5.69 Å². The first-order valence-corrected chi connectivity index (χ1v) is 6.40. The number of hydrogen-bond acceptors (Lipinski definition) is 3. The summed E-state index contributed by atoms with van der Waals surface area (Å²) < 4.78 is 18.3. The van der Waals surface area contributed by atoms with Crippen LogP contribution in [-0.2, 0) is 4.79 Å². The summed E-state index contributed by atoms with van der Waals surface area (Å²) in [5.41, 5.74) is 0.716. The number of hydrogen-bond donors (Lipinski definition) is 1. The number of anilines is 1. The van der Waals surface area contributed by atoms with Crippen molar-refractivity contribution in [3.05, 3.63) is 58.9 Å². The molecule has 108 valence electrons. The molecule has 2 aromatic carbocycles. The van der Waals surface area contributed by atoms with Crippen LogP contribution in [0.15, 0.2) is 42.5 Å². The van der Waals surface area contributed by atoms with E-state index in [0.29, 0.717) is 23.3 Å². The molecule has 0 atom stereocenters. The Morgan fingerprint density at radius 1 is 1.29 bits per heavy atom. The van der Waals surface area contributed by atoms with E-state index in [0.717, 1.165) is 6.07 Å². The van der Waals surface area contributed by atoms with Gasteiger partial charge in [-0.05, 0) is 30.3 Å². The molecule has 0 aliphatic rings. The Kier molecular flexibility index (Phi) is 4.90. The number of benzene rings is 2. The standard InChI is InChI=1S/C15H11ClFNO3/c16-12-7-11(5-6-13(12)17)18-15(20)9-21-14-4-2-1-3-10(14)8-19/h1-8H,9H2,(H,18,20). The molecule has 0 saturated heterocycles. The second kappa shape index (κ2) is 6.85. The SMILES string of the molecule is O=Cc1ccccc1OCC(=O)Nc1ccc(F)c(Cl)c1. The zero-order valence-corrected chi connectivity index (χ0v) is 11.6. The van der Waals surface area contributed by atoms with E-state index in [4.69, 9.17) is 16.3 Å². The molecule has 6 heteroatoms. The van der Waals surface area contributed by atoms with Gasteiger partial charge >= 0.3 is 0 Å². The average molecular weight is 308 g/mol. The van der Waals surface area contributed by atoms with E-state index in [1.165, 1.54) is 12.1 Å². The molecule has 0 fully saturated rings. The molecule has 0 spiro atoms. The summed E-state index contributed by atoms with van der Waals surface area (Å²) in [4.78, 5) is 22.5. The highest BCUT2D eigenvalue weighted by Crippen LogP contribution is 2.19. The molecular formula is C15H11ClFNO3. The molecule has 2 rings (SSSR count). The number of carbonyl (C=O) groups is 2. The van der Waals surface area contributed by atoms with Crippen LogP contribution >= 0.6 is 11.6 Å². The second-order valence-corrected chi connectivity index (χ2v) is 4.53. The molecule has 1 N–H and O–H groups in total. The van der Waals surface area contributed by atoms with Gasteiger partial charge in [-0.15, -0.1) is 0 Å². The number of aldehydes is 1. The number of carbonyl (C=O) groups excluding carboxylic acids is 2. The summed E-state index contributed by atoms with van der Waals surface area (Å²) in [5.74, 6) is -0.691. The van der Waals surface area contributed by atoms with E-state index in [1.54, 1.807) is 24.3 Å². The van der Waals surface area contributed by atoms with Crippen molar-refractivity contribution in [1.29, 1.82) is 0 Å². The van der Waals surface area contributed by atoms with Crippen LogP contribution in [0.2, 0.25) is 5.02 Å². The van der Waals surface area contributed by atoms with Gasteiger partial charge in [0.05, 0.1) is 10.6 Å². The van der Waals surface area contributed by atoms with Gasteiger partial charge in [0.25, 0.3) is 5.91 Å². The Bertz CT molecular complexity index is 676. The van der Waals surface area contributed by atoms with Crippen LogP contribution in [-0.4, -0.2) is 18.8 Å². The third kappa shape index (κ3) is 4.03. The molecule has 0 saturated carbocycles. The Morgan fingerprint density at radius 2 is 2.05 bits per heavy atom. The van der Waals surface area contributed by atoms with Crippen molar-refractivity contribution in [2.24, 2.45) is 0 Å². The van der Waals surface area contributed by atoms with Crippen molar-refractivity contribution < 1.29 is 18.7 Å². The van der Waals surface area contributed by atoms with E-state index in [-0.39, 0.29) is 11.6 Å². The summed E-state index contributed by atoms with van der Waals surface area (Å²) in [6.07, 6.45) is 0.646. The Morgan fingerprint density at radius 3 is 2.76 bits per heavy atom. The lowest BCUT2D eigenvalue weighted by Crippen LogP contribution is -2.20. The molecule has 0 aromatic heterocycles. The molecule has 4 nitrogen and oxygen atoms in total. The van der Waals surface area contributed by atoms with E-state index in [9.17, 15) is 14.0 Å². The van der Waals surface area contributed by atoms with Crippen molar-refractivity contribution in [2.75, 3.05) is 11.9 Å². The predicted molar refractivity (Wildman–Crippen MR) is 77.4 cm³/mol. The molecule has 2 aromatic rings. The van der Waals surface area contributed by atoms with Gasteiger partial charge in [-0.3, -0.25) is 9.59 Å². The zero-order chi connectivity index (χ0) is 15.2. The highest BCUT2D eigenvalue weighted by atomic mass is 35.5. The minimum atomic E-state index is -0.564.